The summed E-state index contributed by atoms with van der Waals surface area (Å²) >= 11 is 3.22. The molecule has 1 amide bonds. The van der Waals surface area contributed by atoms with Gasteiger partial charge in [0.1, 0.15) is 5.82 Å². The van der Waals surface area contributed by atoms with Crippen molar-refractivity contribution in [3.05, 3.63) is 23.9 Å². The fourth-order valence-electron chi connectivity index (χ4n) is 1.69. The highest BCUT2D eigenvalue weighted by Gasteiger charge is 2.19. The van der Waals surface area contributed by atoms with E-state index in [1.54, 1.807) is 6.92 Å². The lowest BCUT2D eigenvalue weighted by Crippen LogP contribution is -2.20. The number of alkyl halides is 1. The second-order valence-electron chi connectivity index (χ2n) is 4.21. The summed E-state index contributed by atoms with van der Waals surface area (Å²) in [5, 5.41) is 2.75. The van der Waals surface area contributed by atoms with E-state index in [1.165, 1.54) is 24.8 Å². The largest absolute Gasteiger partial charge is 0.310 e. The van der Waals surface area contributed by atoms with Crippen LogP contribution in [0.1, 0.15) is 37.7 Å². The van der Waals surface area contributed by atoms with Crippen LogP contribution in [0, 0.1) is 0 Å². The molecule has 0 aromatic carbocycles. The van der Waals surface area contributed by atoms with E-state index >= 15 is 0 Å². The van der Waals surface area contributed by atoms with Gasteiger partial charge in [-0.05, 0) is 37.3 Å². The maximum atomic E-state index is 11.4. The first-order valence-electron chi connectivity index (χ1n) is 5.57. The molecular formula is C12H15BrN2O. The molecular weight excluding hydrogens is 268 g/mol. The van der Waals surface area contributed by atoms with Crippen LogP contribution in [0.2, 0.25) is 0 Å². The SMILES string of the molecule is CC(Br)C(=O)Nc1ccc(C2CCC2)cn1. The van der Waals surface area contributed by atoms with Gasteiger partial charge < -0.3 is 5.32 Å². The Bertz CT molecular complexity index is 371. The fourth-order valence-corrected chi connectivity index (χ4v) is 1.80. The van der Waals surface area contributed by atoms with Gasteiger partial charge in [-0.15, -0.1) is 0 Å². The molecule has 1 aliphatic carbocycles. The molecule has 1 N–H and O–H groups in total. The molecule has 0 aliphatic heterocycles. The van der Waals surface area contributed by atoms with Crippen molar-refractivity contribution in [3.63, 3.8) is 0 Å². The lowest BCUT2D eigenvalue weighted by Gasteiger charge is -2.25. The van der Waals surface area contributed by atoms with Crippen molar-refractivity contribution < 1.29 is 4.79 Å². The van der Waals surface area contributed by atoms with E-state index in [0.29, 0.717) is 11.7 Å². The molecule has 0 saturated heterocycles. The van der Waals surface area contributed by atoms with Crippen molar-refractivity contribution in [2.45, 2.75) is 36.9 Å². The van der Waals surface area contributed by atoms with Crippen molar-refractivity contribution in [2.24, 2.45) is 0 Å². The molecule has 1 aliphatic rings. The molecule has 1 unspecified atom stereocenters. The van der Waals surface area contributed by atoms with E-state index in [1.807, 2.05) is 12.3 Å². The predicted octanol–water partition coefficient (Wildman–Crippen LogP) is 3.07. The average molecular weight is 283 g/mol. The fraction of sp³-hybridized carbons (Fsp3) is 0.500. The minimum Gasteiger partial charge on any atom is -0.310 e. The van der Waals surface area contributed by atoms with E-state index in [0.717, 1.165) is 0 Å². The van der Waals surface area contributed by atoms with Gasteiger partial charge in [0.15, 0.2) is 0 Å². The van der Waals surface area contributed by atoms with Gasteiger partial charge in [-0.3, -0.25) is 4.79 Å². The van der Waals surface area contributed by atoms with Crippen molar-refractivity contribution in [1.82, 2.24) is 4.98 Å². The van der Waals surface area contributed by atoms with Crippen LogP contribution in [-0.4, -0.2) is 15.7 Å². The van der Waals surface area contributed by atoms with E-state index in [2.05, 4.69) is 32.3 Å². The summed E-state index contributed by atoms with van der Waals surface area (Å²) in [4.78, 5) is 15.5. The van der Waals surface area contributed by atoms with E-state index in [9.17, 15) is 4.79 Å². The molecule has 1 aromatic rings. The van der Waals surface area contributed by atoms with Crippen LogP contribution in [0.3, 0.4) is 0 Å². The van der Waals surface area contributed by atoms with Gasteiger partial charge in [-0.25, -0.2) is 4.98 Å². The number of pyridine rings is 1. The zero-order valence-corrected chi connectivity index (χ0v) is 10.8. The second kappa shape index (κ2) is 4.95. The molecule has 0 radical (unpaired) electrons. The van der Waals surface area contributed by atoms with E-state index < -0.39 is 0 Å². The Kier molecular flexibility index (Phi) is 3.59. The first-order chi connectivity index (χ1) is 7.66. The normalized spacial score (nSPS) is 17.6. The zero-order valence-electron chi connectivity index (χ0n) is 9.24. The first-order valence-corrected chi connectivity index (χ1v) is 6.49. The topological polar surface area (TPSA) is 42.0 Å². The maximum Gasteiger partial charge on any atom is 0.239 e. The molecule has 0 spiro atoms. The van der Waals surface area contributed by atoms with Crippen LogP contribution in [0.5, 0.6) is 0 Å². The number of hydrogen-bond donors (Lipinski definition) is 1. The predicted molar refractivity (Wildman–Crippen MR) is 67.8 cm³/mol. The van der Waals surface area contributed by atoms with E-state index in [-0.39, 0.29) is 10.7 Å². The Morgan fingerprint density at radius 3 is 2.75 bits per heavy atom. The Morgan fingerprint density at radius 1 is 1.56 bits per heavy atom. The number of carbonyl (C=O) groups excluding carboxylic acids is 1. The molecule has 1 atom stereocenters. The maximum absolute atomic E-state index is 11.4. The van der Waals surface area contributed by atoms with Gasteiger partial charge in [0.25, 0.3) is 0 Å². The number of halogens is 1. The number of nitrogens with one attached hydrogen (secondary N) is 1. The number of amides is 1. The third-order valence-corrected chi connectivity index (χ3v) is 3.39. The quantitative estimate of drug-likeness (QED) is 0.866. The number of rotatable bonds is 3. The van der Waals surface area contributed by atoms with Gasteiger partial charge >= 0.3 is 0 Å². The summed E-state index contributed by atoms with van der Waals surface area (Å²) in [6, 6.07) is 3.94. The Balaban J connectivity index is 1.98. The Morgan fingerprint density at radius 2 is 2.31 bits per heavy atom. The lowest BCUT2D eigenvalue weighted by molar-refractivity contribution is -0.115. The number of hydrogen-bond acceptors (Lipinski definition) is 2. The van der Waals surface area contributed by atoms with Crippen LogP contribution >= 0.6 is 15.9 Å². The smallest absolute Gasteiger partial charge is 0.239 e. The molecule has 16 heavy (non-hydrogen) atoms. The van der Waals surface area contributed by atoms with Crippen LogP contribution < -0.4 is 5.32 Å². The monoisotopic (exact) mass is 282 g/mol. The summed E-state index contributed by atoms with van der Waals surface area (Å²) in [5.41, 5.74) is 1.29. The molecule has 1 aromatic heterocycles. The third-order valence-electron chi connectivity index (χ3n) is 2.98. The molecule has 1 saturated carbocycles. The van der Waals surface area contributed by atoms with Gasteiger partial charge in [0.05, 0.1) is 4.83 Å². The number of aromatic nitrogens is 1. The molecule has 86 valence electrons. The Hall–Kier alpha value is -0.900. The highest BCUT2D eigenvalue weighted by Crippen LogP contribution is 2.35. The molecule has 0 bridgehead atoms. The summed E-state index contributed by atoms with van der Waals surface area (Å²) < 4.78 is 0. The highest BCUT2D eigenvalue weighted by molar-refractivity contribution is 9.10. The Labute approximate surface area is 104 Å². The van der Waals surface area contributed by atoms with Crippen molar-refractivity contribution in [3.8, 4) is 0 Å². The van der Waals surface area contributed by atoms with Crippen LogP contribution in [0.4, 0.5) is 5.82 Å². The number of anilines is 1. The van der Waals surface area contributed by atoms with E-state index in [4.69, 9.17) is 0 Å². The lowest BCUT2D eigenvalue weighted by atomic mass is 9.81. The summed E-state index contributed by atoms with van der Waals surface area (Å²) in [7, 11) is 0. The average Bonchev–Trinajstić information content (AvgIpc) is 2.18. The standard InChI is InChI=1S/C12H15BrN2O/c1-8(13)12(16)15-11-6-5-10(7-14-11)9-3-2-4-9/h5-9H,2-4H2,1H3,(H,14,15,16). The highest BCUT2D eigenvalue weighted by atomic mass is 79.9. The summed E-state index contributed by atoms with van der Waals surface area (Å²) in [6.45, 7) is 1.79. The van der Waals surface area contributed by atoms with Gasteiger partial charge in [-0.1, -0.05) is 28.4 Å². The zero-order chi connectivity index (χ0) is 11.5. The summed E-state index contributed by atoms with van der Waals surface area (Å²) in [5.74, 6) is 1.25. The number of nitrogens with zero attached hydrogens (tertiary/aromatic N) is 1. The summed E-state index contributed by atoms with van der Waals surface area (Å²) in [6.07, 6.45) is 5.74. The van der Waals surface area contributed by atoms with Gasteiger partial charge in [0.2, 0.25) is 5.91 Å². The molecule has 2 rings (SSSR count). The first kappa shape index (κ1) is 11.6. The third kappa shape index (κ3) is 2.61. The van der Waals surface area contributed by atoms with Crippen LogP contribution in [0.15, 0.2) is 18.3 Å². The van der Waals surface area contributed by atoms with Gasteiger partial charge in [0, 0.05) is 6.20 Å². The van der Waals surface area contributed by atoms with Crippen molar-refractivity contribution in [2.75, 3.05) is 5.32 Å². The second-order valence-corrected chi connectivity index (χ2v) is 5.58. The minimum absolute atomic E-state index is 0.0658. The van der Waals surface area contributed by atoms with Crippen molar-refractivity contribution >= 4 is 27.7 Å². The molecule has 1 heterocycles. The number of carbonyl (C=O) groups is 1. The van der Waals surface area contributed by atoms with Crippen LogP contribution in [-0.2, 0) is 4.79 Å². The molecule has 3 nitrogen and oxygen atoms in total. The van der Waals surface area contributed by atoms with Gasteiger partial charge in [-0.2, -0.15) is 0 Å². The van der Waals surface area contributed by atoms with Crippen molar-refractivity contribution in [1.29, 1.82) is 0 Å². The molecule has 1 fully saturated rings. The van der Waals surface area contributed by atoms with Crippen LogP contribution in [0.25, 0.3) is 0 Å². The molecule has 4 heteroatoms. The minimum atomic E-state index is -0.194.